The molecular weight excluding hydrogens is 334 g/mol. The highest BCUT2D eigenvalue weighted by Crippen LogP contribution is 2.14. The number of carbonyl (C=O) groups excluding carboxylic acids is 2. The Labute approximate surface area is 151 Å². The second-order valence-electron chi connectivity index (χ2n) is 6.04. The largest absolute Gasteiger partial charge is 0.480 e. The normalized spacial score (nSPS) is 11.5. The molecule has 2 rings (SSSR count). The number of nitrogens with one attached hydrogen (secondary N) is 1. The van der Waals surface area contributed by atoms with Crippen LogP contribution in [-0.4, -0.2) is 29.0 Å². The van der Waals surface area contributed by atoms with Gasteiger partial charge in [-0.25, -0.2) is 9.59 Å². The van der Waals surface area contributed by atoms with Crippen molar-refractivity contribution < 1.29 is 24.2 Å². The van der Waals surface area contributed by atoms with E-state index in [1.54, 1.807) is 43.3 Å². The molecule has 2 aromatic rings. The molecule has 0 aliphatic heterocycles. The van der Waals surface area contributed by atoms with E-state index in [1.807, 2.05) is 19.1 Å². The summed E-state index contributed by atoms with van der Waals surface area (Å²) in [7, 11) is 0. The number of hydrogen-bond donors (Lipinski definition) is 2. The van der Waals surface area contributed by atoms with Crippen LogP contribution in [0.2, 0.25) is 0 Å². The second-order valence-corrected chi connectivity index (χ2v) is 6.04. The van der Waals surface area contributed by atoms with Crippen molar-refractivity contribution in [1.82, 2.24) is 5.32 Å². The fourth-order valence-electron chi connectivity index (χ4n) is 2.53. The van der Waals surface area contributed by atoms with Crippen molar-refractivity contribution in [1.29, 1.82) is 0 Å². The van der Waals surface area contributed by atoms with Crippen LogP contribution in [0.3, 0.4) is 0 Å². The number of carboxylic acid groups (broad SMARTS) is 1. The van der Waals surface area contributed by atoms with Gasteiger partial charge in [0.25, 0.3) is 0 Å². The van der Waals surface area contributed by atoms with E-state index < -0.39 is 18.1 Å². The molecule has 0 aromatic heterocycles. The Morgan fingerprint density at radius 1 is 1.08 bits per heavy atom. The van der Waals surface area contributed by atoms with Crippen LogP contribution >= 0.6 is 0 Å². The zero-order valence-corrected chi connectivity index (χ0v) is 14.7. The summed E-state index contributed by atoms with van der Waals surface area (Å²) in [6, 6.07) is 13.0. The van der Waals surface area contributed by atoms with Crippen molar-refractivity contribution in [2.75, 3.05) is 0 Å². The standard InChI is InChI=1S/C20H21NO5/c1-13-8-9-16(14(2)10-13)18(22)11-17(19(23)24)21-20(25)26-12-15-6-4-3-5-7-15/h3-10,17H,11-12H2,1-2H3,(H,21,25)(H,23,24). The van der Waals surface area contributed by atoms with Crippen LogP contribution in [0.5, 0.6) is 0 Å². The lowest BCUT2D eigenvalue weighted by Gasteiger charge is -2.15. The molecule has 6 nitrogen and oxygen atoms in total. The number of amides is 1. The van der Waals surface area contributed by atoms with Gasteiger partial charge in [-0.3, -0.25) is 4.79 Å². The van der Waals surface area contributed by atoms with Gasteiger partial charge in [-0.05, 0) is 25.0 Å². The summed E-state index contributed by atoms with van der Waals surface area (Å²) in [6.07, 6.45) is -1.23. The van der Waals surface area contributed by atoms with Gasteiger partial charge < -0.3 is 15.2 Å². The fourth-order valence-corrected chi connectivity index (χ4v) is 2.53. The number of aryl methyl sites for hydroxylation is 2. The van der Waals surface area contributed by atoms with Gasteiger partial charge in [0.15, 0.2) is 5.78 Å². The highest BCUT2D eigenvalue weighted by Gasteiger charge is 2.25. The summed E-state index contributed by atoms with van der Waals surface area (Å²) in [4.78, 5) is 35.6. The van der Waals surface area contributed by atoms with E-state index in [-0.39, 0.29) is 18.8 Å². The number of alkyl carbamates (subject to hydrolysis) is 1. The molecule has 1 atom stereocenters. The van der Waals surface area contributed by atoms with Gasteiger partial charge >= 0.3 is 12.1 Å². The number of rotatable bonds is 7. The smallest absolute Gasteiger partial charge is 0.408 e. The summed E-state index contributed by atoms with van der Waals surface area (Å²) in [6.45, 7) is 3.72. The van der Waals surface area contributed by atoms with Crippen LogP contribution in [0, 0.1) is 13.8 Å². The molecule has 0 spiro atoms. The summed E-state index contributed by atoms with van der Waals surface area (Å²) in [5, 5.41) is 11.5. The predicted molar refractivity (Wildman–Crippen MR) is 96.1 cm³/mol. The minimum atomic E-state index is -1.36. The third-order valence-corrected chi connectivity index (χ3v) is 3.87. The lowest BCUT2D eigenvalue weighted by Crippen LogP contribution is -2.42. The van der Waals surface area contributed by atoms with Crippen molar-refractivity contribution in [3.8, 4) is 0 Å². The van der Waals surface area contributed by atoms with E-state index in [9.17, 15) is 19.5 Å². The molecule has 0 bridgehead atoms. The van der Waals surface area contributed by atoms with Crippen molar-refractivity contribution in [2.24, 2.45) is 0 Å². The van der Waals surface area contributed by atoms with Gasteiger partial charge in [0.2, 0.25) is 0 Å². The minimum absolute atomic E-state index is 0.0179. The Bertz CT molecular complexity index is 801. The number of benzene rings is 2. The topological polar surface area (TPSA) is 92.7 Å². The Balaban J connectivity index is 1.96. The average Bonchev–Trinajstić information content (AvgIpc) is 2.60. The van der Waals surface area contributed by atoms with Crippen molar-refractivity contribution >= 4 is 17.8 Å². The van der Waals surface area contributed by atoms with Gasteiger partial charge in [0, 0.05) is 12.0 Å². The van der Waals surface area contributed by atoms with Crippen molar-refractivity contribution in [3.05, 3.63) is 70.8 Å². The van der Waals surface area contributed by atoms with E-state index in [4.69, 9.17) is 4.74 Å². The van der Waals surface area contributed by atoms with Gasteiger partial charge in [0.1, 0.15) is 12.6 Å². The van der Waals surface area contributed by atoms with Crippen molar-refractivity contribution in [3.63, 3.8) is 0 Å². The van der Waals surface area contributed by atoms with Gasteiger partial charge in [-0.2, -0.15) is 0 Å². The van der Waals surface area contributed by atoms with Crippen LogP contribution in [-0.2, 0) is 16.1 Å². The Hall–Kier alpha value is -3.15. The monoisotopic (exact) mass is 355 g/mol. The van der Waals surface area contributed by atoms with E-state index in [0.29, 0.717) is 5.56 Å². The zero-order valence-electron chi connectivity index (χ0n) is 14.7. The minimum Gasteiger partial charge on any atom is -0.480 e. The quantitative estimate of drug-likeness (QED) is 0.744. The molecular formula is C20H21NO5. The molecule has 136 valence electrons. The molecule has 0 heterocycles. The van der Waals surface area contributed by atoms with E-state index >= 15 is 0 Å². The van der Waals surface area contributed by atoms with Crippen LogP contribution < -0.4 is 5.32 Å². The molecule has 0 radical (unpaired) electrons. The average molecular weight is 355 g/mol. The number of carbonyl (C=O) groups is 3. The van der Waals surface area contributed by atoms with Gasteiger partial charge in [-0.15, -0.1) is 0 Å². The molecule has 0 saturated heterocycles. The first-order valence-corrected chi connectivity index (χ1v) is 8.17. The molecule has 1 unspecified atom stereocenters. The zero-order chi connectivity index (χ0) is 19.1. The molecule has 0 aliphatic carbocycles. The number of Topliss-reactive ketones (excluding diaryl/α,β-unsaturated/α-hetero) is 1. The maximum absolute atomic E-state index is 12.4. The maximum atomic E-state index is 12.4. The van der Waals surface area contributed by atoms with E-state index in [2.05, 4.69) is 5.32 Å². The highest BCUT2D eigenvalue weighted by atomic mass is 16.5. The molecule has 6 heteroatoms. The Morgan fingerprint density at radius 2 is 1.77 bits per heavy atom. The van der Waals surface area contributed by atoms with E-state index in [1.165, 1.54) is 0 Å². The number of aliphatic carboxylic acids is 1. The first-order valence-electron chi connectivity index (χ1n) is 8.17. The molecule has 2 N–H and O–H groups in total. The van der Waals surface area contributed by atoms with Gasteiger partial charge in [0.05, 0.1) is 0 Å². The molecule has 1 amide bonds. The first kappa shape index (κ1) is 19.2. The summed E-state index contributed by atoms with van der Waals surface area (Å²) in [5.74, 6) is -1.64. The highest BCUT2D eigenvalue weighted by molar-refractivity contribution is 6.00. The molecule has 2 aromatic carbocycles. The number of carboxylic acids is 1. The van der Waals surface area contributed by atoms with Crippen LogP contribution in [0.1, 0.15) is 33.5 Å². The number of hydrogen-bond acceptors (Lipinski definition) is 4. The SMILES string of the molecule is Cc1ccc(C(=O)CC(NC(=O)OCc2ccccc2)C(=O)O)c(C)c1. The summed E-state index contributed by atoms with van der Waals surface area (Å²) >= 11 is 0. The number of ether oxygens (including phenoxy) is 1. The third-order valence-electron chi connectivity index (χ3n) is 3.87. The predicted octanol–water partition coefficient (Wildman–Crippen LogP) is 3.26. The summed E-state index contributed by atoms with van der Waals surface area (Å²) < 4.78 is 5.01. The molecule has 0 fully saturated rings. The van der Waals surface area contributed by atoms with Crippen LogP contribution in [0.15, 0.2) is 48.5 Å². The lowest BCUT2D eigenvalue weighted by molar-refractivity contribution is -0.139. The van der Waals surface area contributed by atoms with Crippen molar-refractivity contribution in [2.45, 2.75) is 32.9 Å². The second kappa shape index (κ2) is 8.80. The maximum Gasteiger partial charge on any atom is 0.408 e. The van der Waals surface area contributed by atoms with Crippen LogP contribution in [0.25, 0.3) is 0 Å². The van der Waals surface area contributed by atoms with Gasteiger partial charge in [-0.1, -0.05) is 54.1 Å². The Kier molecular flexibility index (Phi) is 6.49. The third kappa shape index (κ3) is 5.44. The fraction of sp³-hybridized carbons (Fsp3) is 0.250. The molecule has 0 aliphatic rings. The lowest BCUT2D eigenvalue weighted by atomic mass is 9.98. The molecule has 0 saturated carbocycles. The van der Waals surface area contributed by atoms with E-state index in [0.717, 1.165) is 16.7 Å². The number of ketones is 1. The summed E-state index contributed by atoms with van der Waals surface area (Å²) in [5.41, 5.74) is 3.00. The Morgan fingerprint density at radius 3 is 2.38 bits per heavy atom. The molecule has 26 heavy (non-hydrogen) atoms. The van der Waals surface area contributed by atoms with Crippen LogP contribution in [0.4, 0.5) is 4.79 Å². The first-order chi connectivity index (χ1) is 12.4.